The Kier molecular flexibility index (Phi) is 6.86. The van der Waals surface area contributed by atoms with Crippen LogP contribution >= 0.6 is 23.2 Å². The van der Waals surface area contributed by atoms with Crippen LogP contribution in [0.2, 0.25) is 10.0 Å². The standard InChI is InChI=1S/C23H16Cl2F5N3O/c24-13-3-1-12(2-4-13)23(34)31-14-5-6-16(15(25)11-14)32-7-9-33(10-8-32)22-20(29)18(27)17(26)19(28)21(22)30/h1-6,11H,7-10H2,(H,31,34). The number of hydrogen-bond donors (Lipinski definition) is 1. The molecular weight excluding hydrogens is 500 g/mol. The molecule has 3 aromatic carbocycles. The van der Waals surface area contributed by atoms with Gasteiger partial charge in [-0.1, -0.05) is 23.2 Å². The first-order valence-corrected chi connectivity index (χ1v) is 10.8. The minimum atomic E-state index is -2.19. The van der Waals surface area contributed by atoms with Gasteiger partial charge in [0.15, 0.2) is 23.3 Å². The minimum Gasteiger partial charge on any atom is -0.367 e. The maximum Gasteiger partial charge on any atom is 0.255 e. The average Bonchev–Trinajstić information content (AvgIpc) is 2.83. The molecule has 3 aromatic rings. The maximum atomic E-state index is 14.1. The first kappa shape index (κ1) is 24.1. The van der Waals surface area contributed by atoms with Gasteiger partial charge in [-0.15, -0.1) is 0 Å². The fourth-order valence-electron chi connectivity index (χ4n) is 3.69. The fourth-order valence-corrected chi connectivity index (χ4v) is 4.11. The second kappa shape index (κ2) is 9.68. The summed E-state index contributed by atoms with van der Waals surface area (Å²) in [5, 5.41) is 3.55. The van der Waals surface area contributed by atoms with Crippen LogP contribution in [0.4, 0.5) is 39.0 Å². The Balaban J connectivity index is 1.45. The van der Waals surface area contributed by atoms with Crippen LogP contribution in [0.1, 0.15) is 10.4 Å². The van der Waals surface area contributed by atoms with Gasteiger partial charge in [-0.25, -0.2) is 22.0 Å². The molecule has 1 aliphatic heterocycles. The summed E-state index contributed by atoms with van der Waals surface area (Å²) in [5.74, 6) is -10.2. The second-order valence-corrected chi connectivity index (χ2v) is 8.36. The van der Waals surface area contributed by atoms with Gasteiger partial charge in [-0.3, -0.25) is 4.79 Å². The number of hydrogen-bond acceptors (Lipinski definition) is 3. The molecule has 1 fully saturated rings. The quantitative estimate of drug-likeness (QED) is 0.253. The lowest BCUT2D eigenvalue weighted by molar-refractivity contribution is 0.102. The van der Waals surface area contributed by atoms with Crippen molar-refractivity contribution in [3.05, 3.63) is 87.2 Å². The molecule has 1 aliphatic rings. The third kappa shape index (κ3) is 4.63. The van der Waals surface area contributed by atoms with Gasteiger partial charge in [0.05, 0.1) is 10.7 Å². The number of anilines is 3. The molecular formula is C23H16Cl2F5N3O. The van der Waals surface area contributed by atoms with E-state index in [1.165, 1.54) is 0 Å². The van der Waals surface area contributed by atoms with E-state index in [1.807, 2.05) is 4.90 Å². The van der Waals surface area contributed by atoms with E-state index in [4.69, 9.17) is 23.2 Å². The van der Waals surface area contributed by atoms with Crippen LogP contribution in [0.5, 0.6) is 0 Å². The molecule has 0 spiro atoms. The zero-order chi connectivity index (χ0) is 24.6. The lowest BCUT2D eigenvalue weighted by atomic mass is 10.1. The molecule has 1 heterocycles. The molecule has 1 amide bonds. The Labute approximate surface area is 201 Å². The molecule has 4 nitrogen and oxygen atoms in total. The number of nitrogens with zero attached hydrogens (tertiary/aromatic N) is 2. The smallest absolute Gasteiger partial charge is 0.255 e. The summed E-state index contributed by atoms with van der Waals surface area (Å²) >= 11 is 12.2. The predicted octanol–water partition coefficient (Wildman–Crippen LogP) is 6.27. The number of amides is 1. The summed E-state index contributed by atoms with van der Waals surface area (Å²) in [6.07, 6.45) is 0. The van der Waals surface area contributed by atoms with Gasteiger partial charge in [0.1, 0.15) is 5.69 Å². The van der Waals surface area contributed by atoms with Crippen LogP contribution in [-0.4, -0.2) is 32.1 Å². The normalized spacial score (nSPS) is 13.9. The maximum absolute atomic E-state index is 14.1. The summed E-state index contributed by atoms with van der Waals surface area (Å²) in [5.41, 5.74) is 0.521. The van der Waals surface area contributed by atoms with E-state index < -0.39 is 34.8 Å². The van der Waals surface area contributed by atoms with E-state index >= 15 is 0 Å². The topological polar surface area (TPSA) is 35.6 Å². The summed E-state index contributed by atoms with van der Waals surface area (Å²) in [6.45, 7) is 0.443. The number of piperazine rings is 1. The van der Waals surface area contributed by atoms with Gasteiger partial charge < -0.3 is 15.1 Å². The third-order valence-electron chi connectivity index (χ3n) is 5.44. The molecule has 0 unspecified atom stereocenters. The van der Waals surface area contributed by atoms with Crippen molar-refractivity contribution in [1.29, 1.82) is 0 Å². The molecule has 0 atom stereocenters. The number of benzene rings is 3. The molecule has 34 heavy (non-hydrogen) atoms. The lowest BCUT2D eigenvalue weighted by Gasteiger charge is -2.38. The zero-order valence-electron chi connectivity index (χ0n) is 17.3. The van der Waals surface area contributed by atoms with E-state index in [9.17, 15) is 26.7 Å². The number of rotatable bonds is 4. The van der Waals surface area contributed by atoms with Crippen molar-refractivity contribution in [2.45, 2.75) is 0 Å². The van der Waals surface area contributed by atoms with Crippen molar-refractivity contribution in [2.24, 2.45) is 0 Å². The van der Waals surface area contributed by atoms with E-state index in [1.54, 1.807) is 42.5 Å². The molecule has 0 saturated carbocycles. The van der Waals surface area contributed by atoms with Crippen LogP contribution in [0.3, 0.4) is 0 Å². The molecule has 11 heteroatoms. The molecule has 4 rings (SSSR count). The average molecular weight is 516 g/mol. The Hall–Kier alpha value is -3.04. The molecule has 0 radical (unpaired) electrons. The Morgan fingerprint density at radius 3 is 1.82 bits per heavy atom. The Morgan fingerprint density at radius 1 is 0.735 bits per heavy atom. The van der Waals surface area contributed by atoms with Crippen LogP contribution in [0.15, 0.2) is 42.5 Å². The zero-order valence-corrected chi connectivity index (χ0v) is 18.8. The highest BCUT2D eigenvalue weighted by Crippen LogP contribution is 2.33. The van der Waals surface area contributed by atoms with Gasteiger partial charge in [0, 0.05) is 42.5 Å². The second-order valence-electron chi connectivity index (χ2n) is 7.52. The molecule has 1 N–H and O–H groups in total. The summed E-state index contributed by atoms with van der Waals surface area (Å²) in [6, 6.07) is 11.2. The number of carbonyl (C=O) groups is 1. The molecule has 0 aromatic heterocycles. The van der Waals surface area contributed by atoms with Gasteiger partial charge in [-0.2, -0.15) is 0 Å². The van der Waals surface area contributed by atoms with Gasteiger partial charge in [0.2, 0.25) is 5.82 Å². The predicted molar refractivity (Wildman–Crippen MR) is 122 cm³/mol. The first-order valence-electron chi connectivity index (χ1n) is 10.0. The van der Waals surface area contributed by atoms with E-state index in [2.05, 4.69) is 5.32 Å². The fraction of sp³-hybridized carbons (Fsp3) is 0.174. The largest absolute Gasteiger partial charge is 0.367 e. The highest BCUT2D eigenvalue weighted by molar-refractivity contribution is 6.33. The van der Waals surface area contributed by atoms with Crippen molar-refractivity contribution in [3.63, 3.8) is 0 Å². The lowest BCUT2D eigenvalue weighted by Crippen LogP contribution is -2.47. The van der Waals surface area contributed by atoms with Crippen molar-refractivity contribution in [1.82, 2.24) is 0 Å². The third-order valence-corrected chi connectivity index (χ3v) is 5.99. The van der Waals surface area contributed by atoms with Crippen molar-refractivity contribution >= 4 is 46.2 Å². The van der Waals surface area contributed by atoms with Gasteiger partial charge in [-0.05, 0) is 42.5 Å². The van der Waals surface area contributed by atoms with Crippen LogP contribution in [0.25, 0.3) is 0 Å². The van der Waals surface area contributed by atoms with E-state index in [0.29, 0.717) is 27.0 Å². The van der Waals surface area contributed by atoms with E-state index in [0.717, 1.165) is 4.90 Å². The molecule has 178 valence electrons. The van der Waals surface area contributed by atoms with Crippen molar-refractivity contribution < 1.29 is 26.7 Å². The van der Waals surface area contributed by atoms with Crippen LogP contribution < -0.4 is 15.1 Å². The minimum absolute atomic E-state index is 0.00371. The summed E-state index contributed by atoms with van der Waals surface area (Å²) < 4.78 is 68.7. The van der Waals surface area contributed by atoms with Crippen molar-refractivity contribution in [3.8, 4) is 0 Å². The summed E-state index contributed by atoms with van der Waals surface area (Å²) in [7, 11) is 0. The molecule has 0 bridgehead atoms. The Bertz CT molecular complexity index is 1220. The Morgan fingerprint density at radius 2 is 1.26 bits per heavy atom. The van der Waals surface area contributed by atoms with E-state index in [-0.39, 0.29) is 32.1 Å². The van der Waals surface area contributed by atoms with Crippen LogP contribution in [-0.2, 0) is 0 Å². The van der Waals surface area contributed by atoms with Crippen molar-refractivity contribution in [2.75, 3.05) is 41.3 Å². The first-order chi connectivity index (χ1) is 16.2. The summed E-state index contributed by atoms with van der Waals surface area (Å²) in [4.78, 5) is 15.3. The number of halogens is 7. The number of carbonyl (C=O) groups excluding carboxylic acids is 1. The SMILES string of the molecule is O=C(Nc1ccc(N2CCN(c3c(F)c(F)c(F)c(F)c3F)CC2)c(Cl)c1)c1ccc(Cl)cc1. The van der Waals surface area contributed by atoms with Gasteiger partial charge in [0.25, 0.3) is 5.91 Å². The van der Waals surface area contributed by atoms with Gasteiger partial charge >= 0.3 is 0 Å². The monoisotopic (exact) mass is 515 g/mol. The van der Waals surface area contributed by atoms with Crippen LogP contribution in [0, 0.1) is 29.1 Å². The molecule has 1 saturated heterocycles. The highest BCUT2D eigenvalue weighted by Gasteiger charge is 2.31. The highest BCUT2D eigenvalue weighted by atomic mass is 35.5. The molecule has 0 aliphatic carbocycles. The number of nitrogens with one attached hydrogen (secondary N) is 1.